The molecule has 0 aromatic carbocycles. The summed E-state index contributed by atoms with van der Waals surface area (Å²) in [6, 6.07) is 1.86. The van der Waals surface area contributed by atoms with Gasteiger partial charge in [-0.3, -0.25) is 9.78 Å². The van der Waals surface area contributed by atoms with Crippen molar-refractivity contribution in [1.82, 2.24) is 9.88 Å². The number of aryl methyl sites for hydroxylation is 1. The number of aromatic nitrogens is 1. The fraction of sp³-hybridized carbons (Fsp3) is 0.500. The van der Waals surface area contributed by atoms with E-state index in [-0.39, 0.29) is 5.91 Å². The fourth-order valence-corrected chi connectivity index (χ4v) is 1.60. The van der Waals surface area contributed by atoms with Crippen LogP contribution in [0.5, 0.6) is 0 Å². The molecule has 1 rings (SSSR count). The molecule has 0 spiro atoms. The van der Waals surface area contributed by atoms with E-state index in [2.05, 4.69) is 4.98 Å². The minimum absolute atomic E-state index is 0.0171. The molecular formula is C12H19N3O. The predicted octanol–water partition coefficient (Wildman–Crippen LogP) is 1.20. The molecule has 4 nitrogen and oxygen atoms in total. The highest BCUT2D eigenvalue weighted by Gasteiger charge is 2.14. The second-order valence-electron chi connectivity index (χ2n) is 3.83. The summed E-state index contributed by atoms with van der Waals surface area (Å²) in [5, 5.41) is 0. The number of amides is 1. The maximum absolute atomic E-state index is 12.1. The molecule has 1 aromatic heterocycles. The van der Waals surface area contributed by atoms with Crippen LogP contribution >= 0.6 is 0 Å². The van der Waals surface area contributed by atoms with E-state index in [9.17, 15) is 4.79 Å². The summed E-state index contributed by atoms with van der Waals surface area (Å²) >= 11 is 0. The molecule has 1 aromatic rings. The van der Waals surface area contributed by atoms with E-state index in [1.54, 1.807) is 17.3 Å². The fourth-order valence-electron chi connectivity index (χ4n) is 1.60. The Balaban J connectivity index is 2.81. The van der Waals surface area contributed by atoms with Crippen molar-refractivity contribution in [2.75, 3.05) is 19.6 Å². The van der Waals surface area contributed by atoms with Gasteiger partial charge in [-0.05, 0) is 25.0 Å². The lowest BCUT2D eigenvalue weighted by Crippen LogP contribution is -2.36. The number of carbonyl (C=O) groups excluding carboxylic acids is 1. The summed E-state index contributed by atoms with van der Waals surface area (Å²) in [6.07, 6.45) is 4.28. The van der Waals surface area contributed by atoms with E-state index in [4.69, 9.17) is 5.73 Å². The molecule has 4 heteroatoms. The van der Waals surface area contributed by atoms with Crippen molar-refractivity contribution >= 4 is 5.91 Å². The molecule has 1 amide bonds. The van der Waals surface area contributed by atoms with E-state index < -0.39 is 0 Å². The summed E-state index contributed by atoms with van der Waals surface area (Å²) in [5.41, 5.74) is 7.13. The Morgan fingerprint density at radius 1 is 1.44 bits per heavy atom. The van der Waals surface area contributed by atoms with Crippen LogP contribution in [0.4, 0.5) is 0 Å². The smallest absolute Gasteiger partial charge is 0.255 e. The highest BCUT2D eigenvalue weighted by molar-refractivity contribution is 5.94. The summed E-state index contributed by atoms with van der Waals surface area (Å²) in [6.45, 7) is 5.80. The van der Waals surface area contributed by atoms with Gasteiger partial charge in [-0.2, -0.15) is 0 Å². The van der Waals surface area contributed by atoms with Crippen LogP contribution in [-0.2, 0) is 0 Å². The average Bonchev–Trinajstić information content (AvgIpc) is 2.28. The molecule has 0 saturated carbocycles. The van der Waals surface area contributed by atoms with Gasteiger partial charge < -0.3 is 10.6 Å². The van der Waals surface area contributed by atoms with Crippen LogP contribution in [0.15, 0.2) is 18.5 Å². The first-order chi connectivity index (χ1) is 7.69. The summed E-state index contributed by atoms with van der Waals surface area (Å²) in [5.74, 6) is 0.0171. The van der Waals surface area contributed by atoms with Crippen LogP contribution < -0.4 is 5.73 Å². The molecule has 0 saturated heterocycles. The van der Waals surface area contributed by atoms with Gasteiger partial charge in [0, 0.05) is 32.0 Å². The van der Waals surface area contributed by atoms with E-state index >= 15 is 0 Å². The van der Waals surface area contributed by atoms with Gasteiger partial charge in [-0.1, -0.05) is 6.92 Å². The van der Waals surface area contributed by atoms with E-state index in [1.807, 2.05) is 19.9 Å². The zero-order valence-electron chi connectivity index (χ0n) is 9.94. The zero-order valence-corrected chi connectivity index (χ0v) is 9.94. The van der Waals surface area contributed by atoms with E-state index in [1.165, 1.54) is 0 Å². The number of carbonyl (C=O) groups is 1. The Labute approximate surface area is 96.5 Å². The van der Waals surface area contributed by atoms with Crippen LogP contribution in [0, 0.1) is 6.92 Å². The zero-order chi connectivity index (χ0) is 12.0. The minimum atomic E-state index is 0.0171. The number of nitrogens with two attached hydrogens (primary N) is 1. The first-order valence-electron chi connectivity index (χ1n) is 5.60. The molecular weight excluding hydrogens is 202 g/mol. The maximum Gasteiger partial charge on any atom is 0.255 e. The molecule has 2 N–H and O–H groups in total. The van der Waals surface area contributed by atoms with Crippen LogP contribution in [-0.4, -0.2) is 35.4 Å². The average molecular weight is 221 g/mol. The molecule has 0 aliphatic heterocycles. The van der Waals surface area contributed by atoms with Gasteiger partial charge in [0.1, 0.15) is 0 Å². The van der Waals surface area contributed by atoms with Gasteiger partial charge in [0.2, 0.25) is 0 Å². The molecule has 88 valence electrons. The standard InChI is InChI=1S/C12H19N3O/c1-3-5-15(6-4-13)12(16)11-7-10(2)8-14-9-11/h7-9H,3-6,13H2,1-2H3. The van der Waals surface area contributed by atoms with Gasteiger partial charge in [0.25, 0.3) is 5.91 Å². The Bertz CT molecular complexity index is 346. The lowest BCUT2D eigenvalue weighted by Gasteiger charge is -2.21. The van der Waals surface area contributed by atoms with Crippen molar-refractivity contribution in [2.24, 2.45) is 5.73 Å². The molecule has 0 bridgehead atoms. The molecule has 1 heterocycles. The molecule has 0 aliphatic carbocycles. The second kappa shape index (κ2) is 6.23. The molecule has 0 radical (unpaired) electrons. The van der Waals surface area contributed by atoms with Gasteiger partial charge >= 0.3 is 0 Å². The van der Waals surface area contributed by atoms with E-state index in [0.717, 1.165) is 18.5 Å². The normalized spacial score (nSPS) is 10.2. The van der Waals surface area contributed by atoms with Crippen LogP contribution in [0.1, 0.15) is 29.3 Å². The summed E-state index contributed by atoms with van der Waals surface area (Å²) in [4.78, 5) is 17.9. The first kappa shape index (κ1) is 12.6. The molecule has 0 unspecified atom stereocenters. The molecule has 16 heavy (non-hydrogen) atoms. The number of pyridine rings is 1. The first-order valence-corrected chi connectivity index (χ1v) is 5.60. The van der Waals surface area contributed by atoms with Crippen LogP contribution in [0.25, 0.3) is 0 Å². The maximum atomic E-state index is 12.1. The topological polar surface area (TPSA) is 59.2 Å². The van der Waals surface area contributed by atoms with Gasteiger partial charge in [-0.25, -0.2) is 0 Å². The number of rotatable bonds is 5. The van der Waals surface area contributed by atoms with Crippen molar-refractivity contribution in [3.8, 4) is 0 Å². The highest BCUT2D eigenvalue weighted by Crippen LogP contribution is 2.06. The Morgan fingerprint density at radius 3 is 2.75 bits per heavy atom. The molecule has 0 atom stereocenters. The van der Waals surface area contributed by atoms with Gasteiger partial charge in [0.05, 0.1) is 5.56 Å². The minimum Gasteiger partial charge on any atom is -0.337 e. The van der Waals surface area contributed by atoms with Crippen molar-refractivity contribution in [2.45, 2.75) is 20.3 Å². The number of hydrogen-bond donors (Lipinski definition) is 1. The largest absolute Gasteiger partial charge is 0.337 e. The van der Waals surface area contributed by atoms with Crippen LogP contribution in [0.2, 0.25) is 0 Å². The molecule has 0 fully saturated rings. The quantitative estimate of drug-likeness (QED) is 0.812. The third kappa shape index (κ3) is 3.31. The third-order valence-corrected chi connectivity index (χ3v) is 2.30. The number of hydrogen-bond acceptors (Lipinski definition) is 3. The summed E-state index contributed by atoms with van der Waals surface area (Å²) < 4.78 is 0. The monoisotopic (exact) mass is 221 g/mol. The van der Waals surface area contributed by atoms with E-state index in [0.29, 0.717) is 18.7 Å². The Hall–Kier alpha value is -1.42. The van der Waals surface area contributed by atoms with Gasteiger partial charge in [-0.15, -0.1) is 0 Å². The SMILES string of the molecule is CCCN(CCN)C(=O)c1cncc(C)c1. The predicted molar refractivity (Wildman–Crippen MR) is 64.2 cm³/mol. The lowest BCUT2D eigenvalue weighted by atomic mass is 10.2. The number of nitrogens with zero attached hydrogens (tertiary/aromatic N) is 2. The third-order valence-electron chi connectivity index (χ3n) is 2.30. The molecule has 0 aliphatic rings. The van der Waals surface area contributed by atoms with Crippen molar-refractivity contribution < 1.29 is 4.79 Å². The second-order valence-corrected chi connectivity index (χ2v) is 3.83. The van der Waals surface area contributed by atoms with Crippen molar-refractivity contribution in [1.29, 1.82) is 0 Å². The van der Waals surface area contributed by atoms with Gasteiger partial charge in [0.15, 0.2) is 0 Å². The summed E-state index contributed by atoms with van der Waals surface area (Å²) in [7, 11) is 0. The highest BCUT2D eigenvalue weighted by atomic mass is 16.2. The van der Waals surface area contributed by atoms with Crippen LogP contribution in [0.3, 0.4) is 0 Å². The Kier molecular flexibility index (Phi) is 4.92. The van der Waals surface area contributed by atoms with Crippen molar-refractivity contribution in [3.05, 3.63) is 29.6 Å². The lowest BCUT2D eigenvalue weighted by molar-refractivity contribution is 0.0760. The Morgan fingerprint density at radius 2 is 2.19 bits per heavy atom. The van der Waals surface area contributed by atoms with Crippen molar-refractivity contribution in [3.63, 3.8) is 0 Å².